The van der Waals surface area contributed by atoms with Gasteiger partial charge in [0.25, 0.3) is 10.2 Å². The standard InChI is InChI=1S/C20H32FN3O3S/c1-24(2)28(25,26)23-20-10-11-22-13-17(20)14-27-19-8-6-15(7-9-19)16-4-3-5-18(21)12-16/h3-5,12,15,17,19-20,22-23H,6-11,13-14H2,1-2H3/t15?,17?,19?,20-/m0/s1. The second kappa shape index (κ2) is 9.63. The van der Waals surface area contributed by atoms with Gasteiger partial charge in [-0.1, -0.05) is 12.1 Å². The Hall–Kier alpha value is -1.06. The molecule has 1 aliphatic carbocycles. The Morgan fingerprint density at radius 1 is 1.21 bits per heavy atom. The molecule has 2 N–H and O–H groups in total. The first kappa shape index (κ1) is 21.6. The zero-order valence-corrected chi connectivity index (χ0v) is 17.6. The van der Waals surface area contributed by atoms with Gasteiger partial charge < -0.3 is 10.1 Å². The third-order valence-electron chi connectivity index (χ3n) is 5.93. The van der Waals surface area contributed by atoms with Crippen LogP contribution in [0.4, 0.5) is 4.39 Å². The molecule has 0 bridgehead atoms. The van der Waals surface area contributed by atoms with E-state index < -0.39 is 10.2 Å². The molecular weight excluding hydrogens is 381 g/mol. The molecule has 8 heteroatoms. The first-order valence-corrected chi connectivity index (χ1v) is 11.6. The number of nitrogens with one attached hydrogen (secondary N) is 2. The van der Waals surface area contributed by atoms with Gasteiger partial charge in [-0.3, -0.25) is 0 Å². The third-order valence-corrected chi connectivity index (χ3v) is 7.49. The topological polar surface area (TPSA) is 70.7 Å². The molecule has 1 heterocycles. The SMILES string of the molecule is CN(C)S(=O)(=O)N[C@H]1CCNCC1COC1CCC(c2cccc(F)c2)CC1. The summed E-state index contributed by atoms with van der Waals surface area (Å²) in [5, 5.41) is 3.34. The van der Waals surface area contributed by atoms with Gasteiger partial charge in [-0.05, 0) is 62.3 Å². The van der Waals surface area contributed by atoms with Crippen molar-refractivity contribution in [1.29, 1.82) is 0 Å². The Morgan fingerprint density at radius 3 is 2.64 bits per heavy atom. The Labute approximate surface area is 168 Å². The van der Waals surface area contributed by atoms with Gasteiger partial charge in [0.15, 0.2) is 0 Å². The number of halogens is 1. The predicted molar refractivity (Wildman–Crippen MR) is 108 cm³/mol. The maximum absolute atomic E-state index is 13.4. The van der Waals surface area contributed by atoms with Crippen molar-refractivity contribution in [2.75, 3.05) is 33.8 Å². The van der Waals surface area contributed by atoms with Crippen LogP contribution in [0.3, 0.4) is 0 Å². The summed E-state index contributed by atoms with van der Waals surface area (Å²) in [6.45, 7) is 2.10. The molecule has 1 unspecified atom stereocenters. The van der Waals surface area contributed by atoms with E-state index in [1.807, 2.05) is 6.07 Å². The molecule has 3 rings (SSSR count). The molecule has 0 spiro atoms. The minimum absolute atomic E-state index is 0.114. The van der Waals surface area contributed by atoms with Crippen LogP contribution in [0.2, 0.25) is 0 Å². The van der Waals surface area contributed by atoms with Crippen LogP contribution >= 0.6 is 0 Å². The highest BCUT2D eigenvalue weighted by Gasteiger charge is 2.31. The largest absolute Gasteiger partial charge is 0.378 e. The van der Waals surface area contributed by atoms with E-state index in [2.05, 4.69) is 10.0 Å². The first-order chi connectivity index (χ1) is 13.3. The average molecular weight is 414 g/mol. The number of rotatable bonds is 7. The number of ether oxygens (including phenoxy) is 1. The van der Waals surface area contributed by atoms with Crippen molar-refractivity contribution >= 4 is 10.2 Å². The number of hydrogen-bond acceptors (Lipinski definition) is 4. The molecule has 2 aliphatic rings. The van der Waals surface area contributed by atoms with Crippen molar-refractivity contribution in [1.82, 2.24) is 14.3 Å². The van der Waals surface area contributed by atoms with Gasteiger partial charge in [-0.25, -0.2) is 4.39 Å². The van der Waals surface area contributed by atoms with Crippen molar-refractivity contribution < 1.29 is 17.5 Å². The molecule has 1 aliphatic heterocycles. The summed E-state index contributed by atoms with van der Waals surface area (Å²) in [4.78, 5) is 0. The summed E-state index contributed by atoms with van der Waals surface area (Å²) in [6.07, 6.45) is 4.84. The molecule has 1 saturated carbocycles. The van der Waals surface area contributed by atoms with Crippen molar-refractivity contribution in [3.63, 3.8) is 0 Å². The average Bonchev–Trinajstić information content (AvgIpc) is 2.67. The van der Waals surface area contributed by atoms with Crippen LogP contribution in [-0.4, -0.2) is 58.7 Å². The number of hydrogen-bond donors (Lipinski definition) is 2. The fourth-order valence-corrected chi connectivity index (χ4v) is 5.04. The Balaban J connectivity index is 1.48. The fraction of sp³-hybridized carbons (Fsp3) is 0.700. The van der Waals surface area contributed by atoms with E-state index in [1.54, 1.807) is 12.1 Å². The minimum Gasteiger partial charge on any atom is -0.378 e. The quantitative estimate of drug-likeness (QED) is 0.719. The highest BCUT2D eigenvalue weighted by molar-refractivity contribution is 7.87. The molecule has 0 aromatic heterocycles. The maximum atomic E-state index is 13.4. The van der Waals surface area contributed by atoms with E-state index in [1.165, 1.54) is 24.5 Å². The Kier molecular flexibility index (Phi) is 7.44. The normalized spacial score (nSPS) is 29.1. The Bertz CT molecular complexity index is 736. The van der Waals surface area contributed by atoms with E-state index >= 15 is 0 Å². The molecule has 1 aromatic carbocycles. The number of benzene rings is 1. The van der Waals surface area contributed by atoms with Crippen molar-refractivity contribution in [2.24, 2.45) is 5.92 Å². The second-order valence-corrected chi connectivity index (χ2v) is 10.0. The lowest BCUT2D eigenvalue weighted by Crippen LogP contribution is -2.53. The highest BCUT2D eigenvalue weighted by atomic mass is 32.2. The van der Waals surface area contributed by atoms with E-state index in [0.29, 0.717) is 12.5 Å². The lowest BCUT2D eigenvalue weighted by molar-refractivity contribution is -0.00413. The maximum Gasteiger partial charge on any atom is 0.279 e. The van der Waals surface area contributed by atoms with Gasteiger partial charge in [-0.2, -0.15) is 17.4 Å². The summed E-state index contributed by atoms with van der Waals surface area (Å²) < 4.78 is 48.0. The highest BCUT2D eigenvalue weighted by Crippen LogP contribution is 2.34. The molecule has 1 saturated heterocycles. The molecule has 2 atom stereocenters. The molecule has 0 amide bonds. The smallest absolute Gasteiger partial charge is 0.279 e. The number of nitrogens with zero attached hydrogens (tertiary/aromatic N) is 1. The summed E-state index contributed by atoms with van der Waals surface area (Å²) in [6, 6.07) is 6.79. The zero-order valence-electron chi connectivity index (χ0n) is 16.7. The monoisotopic (exact) mass is 413 g/mol. The van der Waals surface area contributed by atoms with Gasteiger partial charge in [0.1, 0.15) is 5.82 Å². The van der Waals surface area contributed by atoms with E-state index in [0.717, 1.165) is 50.8 Å². The lowest BCUT2D eigenvalue weighted by Gasteiger charge is -2.35. The van der Waals surface area contributed by atoms with E-state index in [-0.39, 0.29) is 23.9 Å². The van der Waals surface area contributed by atoms with Gasteiger partial charge in [-0.15, -0.1) is 0 Å². The first-order valence-electron chi connectivity index (χ1n) is 10.1. The van der Waals surface area contributed by atoms with Crippen LogP contribution in [-0.2, 0) is 14.9 Å². The molecule has 158 valence electrons. The van der Waals surface area contributed by atoms with Crippen LogP contribution in [0.5, 0.6) is 0 Å². The second-order valence-electron chi connectivity index (χ2n) is 8.13. The van der Waals surface area contributed by atoms with Crippen LogP contribution in [0.15, 0.2) is 24.3 Å². The van der Waals surface area contributed by atoms with Crippen molar-refractivity contribution in [3.8, 4) is 0 Å². The fourth-order valence-electron chi connectivity index (χ4n) is 4.13. The van der Waals surface area contributed by atoms with Crippen LogP contribution < -0.4 is 10.0 Å². The summed E-state index contributed by atoms with van der Waals surface area (Å²) in [5.41, 5.74) is 1.08. The third kappa shape index (κ3) is 5.73. The van der Waals surface area contributed by atoms with E-state index in [9.17, 15) is 12.8 Å². The summed E-state index contributed by atoms with van der Waals surface area (Å²) in [7, 11) is -0.379. The Morgan fingerprint density at radius 2 is 1.96 bits per heavy atom. The zero-order chi connectivity index (χ0) is 20.1. The van der Waals surface area contributed by atoms with Gasteiger partial charge in [0, 0.05) is 32.6 Å². The van der Waals surface area contributed by atoms with E-state index in [4.69, 9.17) is 4.74 Å². The van der Waals surface area contributed by atoms with Crippen LogP contribution in [0.25, 0.3) is 0 Å². The minimum atomic E-state index is -3.45. The molecule has 28 heavy (non-hydrogen) atoms. The van der Waals surface area contributed by atoms with Gasteiger partial charge in [0.2, 0.25) is 0 Å². The van der Waals surface area contributed by atoms with Crippen molar-refractivity contribution in [2.45, 2.75) is 50.2 Å². The molecule has 1 aromatic rings. The van der Waals surface area contributed by atoms with Gasteiger partial charge in [0.05, 0.1) is 12.7 Å². The summed E-state index contributed by atoms with van der Waals surface area (Å²) >= 11 is 0. The van der Waals surface area contributed by atoms with Crippen LogP contribution in [0.1, 0.15) is 43.6 Å². The molecule has 2 fully saturated rings. The molecular formula is C20H32FN3O3S. The molecule has 0 radical (unpaired) electrons. The van der Waals surface area contributed by atoms with Crippen LogP contribution in [0, 0.1) is 11.7 Å². The van der Waals surface area contributed by atoms with Gasteiger partial charge >= 0.3 is 0 Å². The predicted octanol–water partition coefficient (Wildman–Crippen LogP) is 2.24. The molecule has 6 nitrogen and oxygen atoms in total. The lowest BCUT2D eigenvalue weighted by atomic mass is 9.82. The number of piperidine rings is 1. The van der Waals surface area contributed by atoms with Crippen molar-refractivity contribution in [3.05, 3.63) is 35.6 Å². The summed E-state index contributed by atoms with van der Waals surface area (Å²) in [5.74, 6) is 0.336.